The first-order chi connectivity index (χ1) is 11.5. The number of rotatable bonds is 4. The van der Waals surface area contributed by atoms with Crippen LogP contribution in [-0.4, -0.2) is 17.9 Å². The van der Waals surface area contributed by atoms with Crippen molar-refractivity contribution in [2.75, 3.05) is 7.11 Å². The second kappa shape index (κ2) is 7.29. The molecule has 3 rings (SSSR count). The maximum Gasteiger partial charge on any atom is 0.266 e. The number of thiophene rings is 1. The Labute approximate surface area is 153 Å². The van der Waals surface area contributed by atoms with E-state index in [-0.39, 0.29) is 11.3 Å². The predicted octanol–water partition coefficient (Wildman–Crippen LogP) is 2.76. The molecule has 1 N–H and O–H groups in total. The molecule has 0 unspecified atom stereocenters. The Morgan fingerprint density at radius 3 is 2.54 bits per heavy atom. The summed E-state index contributed by atoms with van der Waals surface area (Å²) >= 11 is 6.20. The smallest absolute Gasteiger partial charge is 0.266 e. The van der Waals surface area contributed by atoms with Crippen molar-refractivity contribution < 1.29 is 9.53 Å². The fraction of sp³-hybridized carbons (Fsp3) is 0.0588. The Morgan fingerprint density at radius 2 is 1.92 bits per heavy atom. The molecule has 0 aliphatic rings. The number of nitrogens with one attached hydrogen (secondary N) is 1. The van der Waals surface area contributed by atoms with Crippen LogP contribution in [-0.2, 0) is 0 Å². The van der Waals surface area contributed by atoms with Gasteiger partial charge in [0.1, 0.15) is 5.75 Å². The van der Waals surface area contributed by atoms with Gasteiger partial charge in [-0.25, -0.2) is 0 Å². The molecule has 3 aromatic rings. The minimum Gasteiger partial charge on any atom is -0.497 e. The number of aromatic amines is 1. The maximum atomic E-state index is 12.3. The molecule has 2 aromatic heterocycles. The van der Waals surface area contributed by atoms with Crippen LogP contribution in [0.25, 0.3) is 12.2 Å². The van der Waals surface area contributed by atoms with E-state index in [1.54, 1.807) is 42.7 Å². The Bertz CT molecular complexity index is 1040. The van der Waals surface area contributed by atoms with Crippen LogP contribution in [0.15, 0.2) is 45.0 Å². The molecule has 0 radical (unpaired) electrons. The van der Waals surface area contributed by atoms with E-state index < -0.39 is 0 Å². The summed E-state index contributed by atoms with van der Waals surface area (Å²) in [4.78, 5) is 28.0. The lowest BCUT2D eigenvalue weighted by Gasteiger charge is -1.99. The number of ether oxygens (including phenoxy) is 1. The van der Waals surface area contributed by atoms with Crippen molar-refractivity contribution in [3.8, 4) is 5.75 Å². The number of H-pyrrole nitrogens is 1. The quantitative estimate of drug-likeness (QED) is 0.658. The Balaban J connectivity index is 1.93. The molecule has 0 saturated heterocycles. The molecule has 0 aliphatic heterocycles. The average molecular weight is 422 g/mol. The third-order valence-electron chi connectivity index (χ3n) is 3.18. The third-order valence-corrected chi connectivity index (χ3v) is 5.72. The molecular formula is C17H12BrNO3S2. The van der Waals surface area contributed by atoms with Gasteiger partial charge < -0.3 is 9.72 Å². The summed E-state index contributed by atoms with van der Waals surface area (Å²) in [5.41, 5.74) is 0.344. The van der Waals surface area contributed by atoms with Gasteiger partial charge in [-0.2, -0.15) is 0 Å². The van der Waals surface area contributed by atoms with E-state index in [9.17, 15) is 9.59 Å². The van der Waals surface area contributed by atoms with Crippen molar-refractivity contribution in [3.63, 3.8) is 0 Å². The van der Waals surface area contributed by atoms with E-state index in [0.717, 1.165) is 8.66 Å². The van der Waals surface area contributed by atoms with Crippen molar-refractivity contribution in [2.45, 2.75) is 0 Å². The number of hydrogen-bond donors (Lipinski definition) is 1. The lowest BCUT2D eigenvalue weighted by molar-refractivity contribution is 0.106. The first-order valence-electron chi connectivity index (χ1n) is 6.91. The van der Waals surface area contributed by atoms with Gasteiger partial charge in [0.15, 0.2) is 5.78 Å². The van der Waals surface area contributed by atoms with Crippen LogP contribution in [0.2, 0.25) is 0 Å². The second-order valence-corrected chi connectivity index (χ2v) is 8.39. The number of Topliss-reactive ketones (excluding diaryl/α,β-unsaturated/α-hetero) is 1. The predicted molar refractivity (Wildman–Crippen MR) is 102 cm³/mol. The molecule has 0 atom stereocenters. The number of benzene rings is 1. The van der Waals surface area contributed by atoms with Gasteiger partial charge in [-0.15, -0.1) is 22.7 Å². The lowest BCUT2D eigenvalue weighted by Crippen LogP contribution is -2.19. The molecule has 2 heterocycles. The summed E-state index contributed by atoms with van der Waals surface area (Å²) in [6.45, 7) is 0. The lowest BCUT2D eigenvalue weighted by atomic mass is 10.1. The van der Waals surface area contributed by atoms with E-state index in [1.165, 1.54) is 17.4 Å². The SMILES string of the molecule is COc1ccc(C(=O)/C=c2\[nH]c(=O)/c(=C\c3ccc(Br)s3)s2)cc1. The zero-order valence-corrected chi connectivity index (χ0v) is 15.8. The van der Waals surface area contributed by atoms with Crippen molar-refractivity contribution in [2.24, 2.45) is 0 Å². The molecule has 7 heteroatoms. The number of hydrogen-bond acceptors (Lipinski definition) is 5. The number of carbonyl (C=O) groups is 1. The van der Waals surface area contributed by atoms with Gasteiger partial charge in [-0.1, -0.05) is 0 Å². The molecule has 1 aromatic carbocycles. The van der Waals surface area contributed by atoms with Gasteiger partial charge >= 0.3 is 0 Å². The van der Waals surface area contributed by atoms with E-state index in [4.69, 9.17) is 4.74 Å². The highest BCUT2D eigenvalue weighted by Gasteiger charge is 2.04. The summed E-state index contributed by atoms with van der Waals surface area (Å²) in [5, 5.41) is 0. The minimum atomic E-state index is -0.196. The summed E-state index contributed by atoms with van der Waals surface area (Å²) in [6, 6.07) is 10.7. The van der Waals surface area contributed by atoms with Gasteiger partial charge in [0.25, 0.3) is 5.56 Å². The van der Waals surface area contributed by atoms with Gasteiger partial charge in [-0.05, 0) is 58.4 Å². The van der Waals surface area contributed by atoms with Crippen molar-refractivity contribution in [3.05, 3.63) is 70.2 Å². The second-order valence-electron chi connectivity index (χ2n) is 4.81. The van der Waals surface area contributed by atoms with E-state index in [1.807, 2.05) is 18.2 Å². The fourth-order valence-electron chi connectivity index (χ4n) is 2.02. The normalized spacial score (nSPS) is 12.6. The highest BCUT2D eigenvalue weighted by atomic mass is 79.9. The van der Waals surface area contributed by atoms with Crippen LogP contribution in [0.1, 0.15) is 15.2 Å². The number of thiazole rings is 1. The molecule has 0 aliphatic carbocycles. The highest BCUT2D eigenvalue weighted by molar-refractivity contribution is 9.11. The first kappa shape index (κ1) is 16.9. The van der Waals surface area contributed by atoms with Crippen molar-refractivity contribution >= 4 is 56.5 Å². The van der Waals surface area contributed by atoms with Crippen LogP contribution in [0.3, 0.4) is 0 Å². The average Bonchev–Trinajstić information content (AvgIpc) is 3.13. The monoisotopic (exact) mass is 421 g/mol. The number of aromatic nitrogens is 1. The van der Waals surface area contributed by atoms with Gasteiger partial charge in [0.2, 0.25) is 0 Å². The topological polar surface area (TPSA) is 59.2 Å². The molecule has 0 spiro atoms. The van der Waals surface area contributed by atoms with Crippen LogP contribution >= 0.6 is 38.6 Å². The number of methoxy groups -OCH3 is 1. The molecule has 122 valence electrons. The highest BCUT2D eigenvalue weighted by Crippen LogP contribution is 2.22. The summed E-state index contributed by atoms with van der Waals surface area (Å²) in [5.74, 6) is 0.524. The van der Waals surface area contributed by atoms with Crippen molar-refractivity contribution in [1.82, 2.24) is 4.98 Å². The Kier molecular flexibility index (Phi) is 5.13. The van der Waals surface area contributed by atoms with Crippen LogP contribution < -0.4 is 19.5 Å². The molecule has 0 saturated carbocycles. The minimum absolute atomic E-state index is 0.166. The number of carbonyl (C=O) groups excluding carboxylic acids is 1. The van der Waals surface area contributed by atoms with E-state index in [2.05, 4.69) is 20.9 Å². The molecule has 0 bridgehead atoms. The zero-order valence-electron chi connectivity index (χ0n) is 12.5. The molecule has 0 amide bonds. The molecule has 0 fully saturated rings. The molecule has 24 heavy (non-hydrogen) atoms. The van der Waals surface area contributed by atoms with Crippen LogP contribution in [0.5, 0.6) is 5.75 Å². The fourth-order valence-corrected chi connectivity index (χ4v) is 4.33. The third kappa shape index (κ3) is 3.92. The number of ketones is 1. The molecule has 4 nitrogen and oxygen atoms in total. The zero-order chi connectivity index (χ0) is 17.1. The Hall–Kier alpha value is -1.96. The summed E-state index contributed by atoms with van der Waals surface area (Å²) in [7, 11) is 1.57. The van der Waals surface area contributed by atoms with Gasteiger partial charge in [0.05, 0.1) is 20.1 Å². The standard InChI is InChI=1S/C17H12BrNO3S2/c1-22-11-4-2-10(3-5-11)13(20)9-16-19-17(21)14(24-16)8-12-6-7-15(18)23-12/h2-9H,1H3,(H,19,21)/b14-8+,16-9+. The molecular weight excluding hydrogens is 410 g/mol. The summed E-state index contributed by atoms with van der Waals surface area (Å²) in [6.07, 6.45) is 3.25. The van der Waals surface area contributed by atoms with Crippen molar-refractivity contribution in [1.29, 1.82) is 0 Å². The summed E-state index contributed by atoms with van der Waals surface area (Å²) < 4.78 is 7.17. The van der Waals surface area contributed by atoms with Gasteiger partial charge in [-0.3, -0.25) is 9.59 Å². The Morgan fingerprint density at radius 1 is 1.17 bits per heavy atom. The largest absolute Gasteiger partial charge is 0.497 e. The van der Waals surface area contributed by atoms with Crippen LogP contribution in [0.4, 0.5) is 0 Å². The van der Waals surface area contributed by atoms with Crippen LogP contribution in [0, 0.1) is 0 Å². The van der Waals surface area contributed by atoms with E-state index >= 15 is 0 Å². The maximum absolute atomic E-state index is 12.3. The van der Waals surface area contributed by atoms with E-state index in [0.29, 0.717) is 20.5 Å². The first-order valence-corrected chi connectivity index (χ1v) is 9.34. The van der Waals surface area contributed by atoms with Gasteiger partial charge in [0, 0.05) is 16.5 Å². The number of halogens is 1.